The Bertz CT molecular complexity index is 923. The van der Waals surface area contributed by atoms with Crippen molar-refractivity contribution in [1.82, 2.24) is 10.2 Å². The Labute approximate surface area is 171 Å². The Morgan fingerprint density at radius 3 is 1.79 bits per heavy atom. The van der Waals surface area contributed by atoms with Gasteiger partial charge in [-0.05, 0) is 34.9 Å². The Kier molecular flexibility index (Phi) is 6.95. The van der Waals surface area contributed by atoms with E-state index in [1.807, 2.05) is 77.7 Å². The van der Waals surface area contributed by atoms with Crippen molar-refractivity contribution in [3.63, 3.8) is 0 Å². The molecule has 0 heterocycles. The molecule has 0 radical (unpaired) electrons. The lowest BCUT2D eigenvalue weighted by atomic mass is 10.1. The third-order valence-electron chi connectivity index (χ3n) is 4.56. The van der Waals surface area contributed by atoms with Crippen molar-refractivity contribution >= 4 is 17.9 Å². The SMILES string of the molecule is CNC(=O)c1ccc(/C=C\C(=O)N(Cc2ccccc2)Cc2ccccc2)cc1. The van der Waals surface area contributed by atoms with Gasteiger partial charge in [-0.15, -0.1) is 0 Å². The number of hydrogen-bond donors (Lipinski definition) is 1. The Hall–Kier alpha value is -3.66. The van der Waals surface area contributed by atoms with E-state index in [4.69, 9.17) is 0 Å². The Morgan fingerprint density at radius 1 is 0.793 bits per heavy atom. The van der Waals surface area contributed by atoms with Crippen LogP contribution < -0.4 is 5.32 Å². The normalized spacial score (nSPS) is 10.7. The summed E-state index contributed by atoms with van der Waals surface area (Å²) in [5, 5.41) is 2.59. The van der Waals surface area contributed by atoms with Crippen molar-refractivity contribution in [3.8, 4) is 0 Å². The molecule has 3 aromatic carbocycles. The van der Waals surface area contributed by atoms with E-state index in [0.29, 0.717) is 18.7 Å². The minimum absolute atomic E-state index is 0.0620. The summed E-state index contributed by atoms with van der Waals surface area (Å²) < 4.78 is 0. The number of hydrogen-bond acceptors (Lipinski definition) is 2. The average molecular weight is 384 g/mol. The zero-order valence-electron chi connectivity index (χ0n) is 16.4. The number of benzene rings is 3. The lowest BCUT2D eigenvalue weighted by molar-refractivity contribution is -0.127. The Balaban J connectivity index is 1.74. The minimum atomic E-state index is -0.131. The zero-order valence-corrected chi connectivity index (χ0v) is 16.4. The molecule has 0 saturated heterocycles. The fourth-order valence-corrected chi connectivity index (χ4v) is 2.98. The quantitative estimate of drug-likeness (QED) is 0.618. The molecule has 0 atom stereocenters. The largest absolute Gasteiger partial charge is 0.355 e. The molecule has 0 saturated carbocycles. The molecule has 4 heteroatoms. The molecule has 0 aromatic heterocycles. The van der Waals surface area contributed by atoms with Crippen molar-refractivity contribution in [2.75, 3.05) is 7.05 Å². The molecular formula is C25H24N2O2. The molecule has 0 fully saturated rings. The van der Waals surface area contributed by atoms with Gasteiger partial charge in [0.25, 0.3) is 5.91 Å². The molecule has 0 spiro atoms. The highest BCUT2D eigenvalue weighted by Crippen LogP contribution is 2.12. The zero-order chi connectivity index (χ0) is 20.5. The van der Waals surface area contributed by atoms with Crippen molar-refractivity contribution in [2.45, 2.75) is 13.1 Å². The first-order valence-electron chi connectivity index (χ1n) is 9.52. The van der Waals surface area contributed by atoms with Gasteiger partial charge in [0.2, 0.25) is 5.91 Å². The Morgan fingerprint density at radius 2 is 1.31 bits per heavy atom. The summed E-state index contributed by atoms with van der Waals surface area (Å²) in [4.78, 5) is 26.4. The topological polar surface area (TPSA) is 49.4 Å². The predicted molar refractivity (Wildman–Crippen MR) is 116 cm³/mol. The summed E-state index contributed by atoms with van der Waals surface area (Å²) in [5.74, 6) is -0.193. The van der Waals surface area contributed by atoms with Gasteiger partial charge in [-0.2, -0.15) is 0 Å². The molecule has 0 unspecified atom stereocenters. The molecule has 3 aromatic rings. The molecule has 0 aliphatic heterocycles. The molecule has 1 N–H and O–H groups in total. The number of rotatable bonds is 7. The van der Waals surface area contributed by atoms with E-state index in [-0.39, 0.29) is 11.8 Å². The van der Waals surface area contributed by atoms with Crippen molar-refractivity contribution in [2.24, 2.45) is 0 Å². The summed E-state index contributed by atoms with van der Waals surface area (Å²) in [6.45, 7) is 1.07. The van der Waals surface area contributed by atoms with Crippen LogP contribution in [-0.2, 0) is 17.9 Å². The summed E-state index contributed by atoms with van der Waals surface area (Å²) >= 11 is 0. The highest BCUT2D eigenvalue weighted by molar-refractivity contribution is 5.94. The highest BCUT2D eigenvalue weighted by Gasteiger charge is 2.12. The second-order valence-electron chi connectivity index (χ2n) is 6.70. The van der Waals surface area contributed by atoms with E-state index in [9.17, 15) is 9.59 Å². The number of carbonyl (C=O) groups is 2. The second-order valence-corrected chi connectivity index (χ2v) is 6.70. The van der Waals surface area contributed by atoms with Gasteiger partial charge in [-0.3, -0.25) is 9.59 Å². The fourth-order valence-electron chi connectivity index (χ4n) is 2.98. The van der Waals surface area contributed by atoms with Crippen molar-refractivity contribution in [1.29, 1.82) is 0 Å². The molecule has 29 heavy (non-hydrogen) atoms. The molecular weight excluding hydrogens is 360 g/mol. The van der Waals surface area contributed by atoms with Gasteiger partial charge >= 0.3 is 0 Å². The summed E-state index contributed by atoms with van der Waals surface area (Å²) in [7, 11) is 1.60. The molecule has 4 nitrogen and oxygen atoms in total. The standard InChI is InChI=1S/C25H24N2O2/c1-26-25(29)23-15-12-20(13-16-23)14-17-24(28)27(18-21-8-4-2-5-9-21)19-22-10-6-3-7-11-22/h2-17H,18-19H2,1H3,(H,26,29)/b17-14-. The fraction of sp³-hybridized carbons (Fsp3) is 0.120. The maximum Gasteiger partial charge on any atom is 0.251 e. The third-order valence-corrected chi connectivity index (χ3v) is 4.56. The number of carbonyl (C=O) groups excluding carboxylic acids is 2. The van der Waals surface area contributed by atoms with Crippen LogP contribution in [0.4, 0.5) is 0 Å². The van der Waals surface area contributed by atoms with Gasteiger partial charge in [-0.25, -0.2) is 0 Å². The molecule has 0 bridgehead atoms. The highest BCUT2D eigenvalue weighted by atomic mass is 16.2. The van der Waals surface area contributed by atoms with Gasteiger partial charge in [0.1, 0.15) is 0 Å². The number of nitrogens with zero attached hydrogens (tertiary/aromatic N) is 1. The lowest BCUT2D eigenvalue weighted by Gasteiger charge is -2.21. The van der Waals surface area contributed by atoms with Gasteiger partial charge < -0.3 is 10.2 Å². The molecule has 146 valence electrons. The first-order chi connectivity index (χ1) is 14.2. The molecule has 2 amide bonds. The second kappa shape index (κ2) is 10.0. The summed E-state index contributed by atoms with van der Waals surface area (Å²) in [5.41, 5.74) is 3.62. The average Bonchev–Trinajstić information content (AvgIpc) is 2.78. The molecule has 0 aliphatic carbocycles. The molecule has 0 aliphatic rings. The van der Waals surface area contributed by atoms with Crippen LogP contribution in [0.25, 0.3) is 6.08 Å². The number of nitrogens with one attached hydrogen (secondary N) is 1. The maximum atomic E-state index is 12.9. The van der Waals surface area contributed by atoms with Crippen LogP contribution in [-0.4, -0.2) is 23.8 Å². The van der Waals surface area contributed by atoms with Gasteiger partial charge in [0.05, 0.1) is 0 Å². The van der Waals surface area contributed by atoms with Crippen LogP contribution in [0.5, 0.6) is 0 Å². The van der Waals surface area contributed by atoms with Crippen LogP contribution in [0.2, 0.25) is 0 Å². The van der Waals surface area contributed by atoms with Gasteiger partial charge in [0, 0.05) is 31.8 Å². The number of amides is 2. The predicted octanol–water partition coefficient (Wildman–Crippen LogP) is 4.29. The summed E-state index contributed by atoms with van der Waals surface area (Å²) in [6.07, 6.45) is 3.36. The van der Waals surface area contributed by atoms with Crippen LogP contribution in [0.1, 0.15) is 27.0 Å². The van der Waals surface area contributed by atoms with E-state index >= 15 is 0 Å². The van der Waals surface area contributed by atoms with E-state index in [1.165, 1.54) is 0 Å². The first kappa shape index (κ1) is 20.1. The van der Waals surface area contributed by atoms with E-state index in [2.05, 4.69) is 5.32 Å². The van der Waals surface area contributed by atoms with Gasteiger partial charge in [-0.1, -0.05) is 72.8 Å². The third kappa shape index (κ3) is 5.91. The van der Waals surface area contributed by atoms with Crippen LogP contribution in [0.15, 0.2) is 91.0 Å². The van der Waals surface area contributed by atoms with E-state index in [0.717, 1.165) is 16.7 Å². The first-order valence-corrected chi connectivity index (χ1v) is 9.52. The van der Waals surface area contributed by atoms with Crippen molar-refractivity contribution < 1.29 is 9.59 Å². The van der Waals surface area contributed by atoms with Crippen LogP contribution in [0.3, 0.4) is 0 Å². The van der Waals surface area contributed by atoms with Crippen molar-refractivity contribution in [3.05, 3.63) is 113 Å². The van der Waals surface area contributed by atoms with Gasteiger partial charge in [0.15, 0.2) is 0 Å². The lowest BCUT2D eigenvalue weighted by Crippen LogP contribution is -2.28. The van der Waals surface area contributed by atoms with Crippen LogP contribution >= 0.6 is 0 Å². The van der Waals surface area contributed by atoms with E-state index < -0.39 is 0 Å². The minimum Gasteiger partial charge on any atom is -0.355 e. The van der Waals surface area contributed by atoms with Crippen LogP contribution in [0, 0.1) is 0 Å². The maximum absolute atomic E-state index is 12.9. The van der Waals surface area contributed by atoms with E-state index in [1.54, 1.807) is 31.3 Å². The molecule has 3 rings (SSSR count). The monoisotopic (exact) mass is 384 g/mol. The summed E-state index contributed by atoms with van der Waals surface area (Å²) in [6, 6.07) is 27.1. The smallest absolute Gasteiger partial charge is 0.251 e.